The summed E-state index contributed by atoms with van der Waals surface area (Å²) in [6.07, 6.45) is 2.14. The van der Waals surface area contributed by atoms with E-state index in [1.54, 1.807) is 0 Å². The van der Waals surface area contributed by atoms with Crippen molar-refractivity contribution in [2.24, 2.45) is 0 Å². The number of hydrogen-bond acceptors (Lipinski definition) is 3. The topological polar surface area (TPSA) is 29.5 Å². The van der Waals surface area contributed by atoms with E-state index in [-0.39, 0.29) is 5.97 Å². The Kier molecular flexibility index (Phi) is 4.87. The minimum absolute atomic E-state index is 0.182. The van der Waals surface area contributed by atoms with Crippen molar-refractivity contribution in [1.29, 1.82) is 0 Å². The molecule has 0 amide bonds. The number of rotatable bonds is 4. The van der Waals surface area contributed by atoms with Gasteiger partial charge in [0.15, 0.2) is 0 Å². The van der Waals surface area contributed by atoms with Gasteiger partial charge in [0.2, 0.25) is 0 Å². The van der Waals surface area contributed by atoms with Gasteiger partial charge in [-0.2, -0.15) is 0 Å². The lowest BCUT2D eigenvalue weighted by Crippen LogP contribution is -2.37. The Bertz CT molecular complexity index is 187. The summed E-state index contributed by atoms with van der Waals surface area (Å²) in [6.45, 7) is 2.29. The molecule has 1 aliphatic rings. The molecule has 1 heterocycles. The number of alkyl halides is 1. The van der Waals surface area contributed by atoms with Crippen molar-refractivity contribution < 1.29 is 13.9 Å². The molecule has 1 aliphatic heterocycles. The van der Waals surface area contributed by atoms with Gasteiger partial charge < -0.3 is 9.64 Å². The van der Waals surface area contributed by atoms with Crippen LogP contribution < -0.4 is 0 Å². The minimum atomic E-state index is -0.679. The summed E-state index contributed by atoms with van der Waals surface area (Å²) in [5.74, 6) is -0.182. The Morgan fingerprint density at radius 3 is 3.07 bits per heavy atom. The highest BCUT2D eigenvalue weighted by Gasteiger charge is 2.18. The minimum Gasteiger partial charge on any atom is -0.469 e. The highest BCUT2D eigenvalue weighted by molar-refractivity contribution is 5.69. The van der Waals surface area contributed by atoms with Gasteiger partial charge in [-0.05, 0) is 32.4 Å². The van der Waals surface area contributed by atoms with Crippen molar-refractivity contribution in [1.82, 2.24) is 4.90 Å². The fourth-order valence-corrected chi connectivity index (χ4v) is 1.75. The fourth-order valence-electron chi connectivity index (χ4n) is 1.75. The zero-order chi connectivity index (χ0) is 10.4. The van der Waals surface area contributed by atoms with Gasteiger partial charge in [0.1, 0.15) is 6.17 Å². The van der Waals surface area contributed by atoms with Gasteiger partial charge in [-0.1, -0.05) is 0 Å². The Morgan fingerprint density at radius 2 is 2.43 bits per heavy atom. The first-order valence-electron chi connectivity index (χ1n) is 5.15. The van der Waals surface area contributed by atoms with E-state index in [2.05, 4.69) is 9.64 Å². The third-order valence-corrected chi connectivity index (χ3v) is 2.53. The normalized spacial score (nSPS) is 23.4. The van der Waals surface area contributed by atoms with Crippen LogP contribution in [0.2, 0.25) is 0 Å². The largest absolute Gasteiger partial charge is 0.469 e. The first kappa shape index (κ1) is 11.4. The van der Waals surface area contributed by atoms with E-state index in [1.807, 2.05) is 0 Å². The molecule has 0 N–H and O–H groups in total. The molecular weight excluding hydrogens is 185 g/mol. The van der Waals surface area contributed by atoms with E-state index in [9.17, 15) is 9.18 Å². The first-order chi connectivity index (χ1) is 6.72. The highest BCUT2D eigenvalue weighted by Crippen LogP contribution is 2.13. The van der Waals surface area contributed by atoms with Gasteiger partial charge in [0.05, 0.1) is 7.11 Å². The molecule has 14 heavy (non-hydrogen) atoms. The summed E-state index contributed by atoms with van der Waals surface area (Å²) in [7, 11) is 1.39. The Hall–Kier alpha value is -0.640. The van der Waals surface area contributed by atoms with Crippen LogP contribution in [0, 0.1) is 0 Å². The summed E-state index contributed by atoms with van der Waals surface area (Å²) >= 11 is 0. The standard InChI is InChI=1S/C10H18FNO2/c1-14-10(13)5-3-7-12-6-2-4-9(11)8-12/h9H,2-8H2,1H3. The number of carbonyl (C=O) groups is 1. The molecule has 1 unspecified atom stereocenters. The Morgan fingerprint density at radius 1 is 1.64 bits per heavy atom. The molecule has 3 nitrogen and oxygen atoms in total. The lowest BCUT2D eigenvalue weighted by Gasteiger charge is -2.28. The molecule has 82 valence electrons. The maximum Gasteiger partial charge on any atom is 0.305 e. The maximum atomic E-state index is 13.0. The summed E-state index contributed by atoms with van der Waals surface area (Å²) in [6, 6.07) is 0. The molecular formula is C10H18FNO2. The lowest BCUT2D eigenvalue weighted by molar-refractivity contribution is -0.140. The van der Waals surface area contributed by atoms with E-state index in [4.69, 9.17) is 0 Å². The first-order valence-corrected chi connectivity index (χ1v) is 5.15. The van der Waals surface area contributed by atoms with E-state index < -0.39 is 6.17 Å². The molecule has 0 saturated carbocycles. The van der Waals surface area contributed by atoms with Crippen LogP contribution in [0.25, 0.3) is 0 Å². The maximum absolute atomic E-state index is 13.0. The summed E-state index contributed by atoms with van der Waals surface area (Å²) in [5, 5.41) is 0. The number of likely N-dealkylation sites (tertiary alicyclic amines) is 1. The van der Waals surface area contributed by atoms with Crippen molar-refractivity contribution in [3.8, 4) is 0 Å². The van der Waals surface area contributed by atoms with Crippen molar-refractivity contribution in [3.63, 3.8) is 0 Å². The van der Waals surface area contributed by atoms with E-state index >= 15 is 0 Å². The molecule has 0 aromatic heterocycles. The molecule has 0 aromatic carbocycles. The fraction of sp³-hybridized carbons (Fsp3) is 0.900. The second-order valence-electron chi connectivity index (χ2n) is 3.72. The van der Waals surface area contributed by atoms with Crippen molar-refractivity contribution >= 4 is 5.97 Å². The van der Waals surface area contributed by atoms with Crippen LogP contribution in [-0.4, -0.2) is 43.8 Å². The van der Waals surface area contributed by atoms with Gasteiger partial charge in [0, 0.05) is 13.0 Å². The average Bonchev–Trinajstić information content (AvgIpc) is 2.17. The molecule has 4 heteroatoms. The Balaban J connectivity index is 2.08. The van der Waals surface area contributed by atoms with Gasteiger partial charge >= 0.3 is 5.97 Å². The molecule has 0 aromatic rings. The van der Waals surface area contributed by atoms with Crippen LogP contribution in [0.4, 0.5) is 4.39 Å². The molecule has 1 rings (SSSR count). The molecule has 1 atom stereocenters. The van der Waals surface area contributed by atoms with E-state index in [0.29, 0.717) is 19.4 Å². The van der Waals surface area contributed by atoms with Crippen molar-refractivity contribution in [3.05, 3.63) is 0 Å². The van der Waals surface area contributed by atoms with Crippen LogP contribution in [0.5, 0.6) is 0 Å². The number of esters is 1. The number of methoxy groups -OCH3 is 1. The quantitative estimate of drug-likeness (QED) is 0.646. The number of nitrogens with zero attached hydrogens (tertiary/aromatic N) is 1. The number of halogens is 1. The Labute approximate surface area is 84.2 Å². The number of piperidine rings is 1. The molecule has 0 radical (unpaired) electrons. The number of ether oxygens (including phenoxy) is 1. The second-order valence-corrected chi connectivity index (χ2v) is 3.72. The monoisotopic (exact) mass is 203 g/mol. The van der Waals surface area contributed by atoms with Gasteiger partial charge in [-0.3, -0.25) is 4.79 Å². The van der Waals surface area contributed by atoms with Gasteiger partial charge in [-0.15, -0.1) is 0 Å². The summed E-state index contributed by atoms with van der Waals surface area (Å²) < 4.78 is 17.5. The zero-order valence-corrected chi connectivity index (χ0v) is 8.67. The van der Waals surface area contributed by atoms with Crippen LogP contribution >= 0.6 is 0 Å². The molecule has 1 fully saturated rings. The number of carbonyl (C=O) groups excluding carboxylic acids is 1. The van der Waals surface area contributed by atoms with Crippen molar-refractivity contribution in [2.75, 3.05) is 26.7 Å². The van der Waals surface area contributed by atoms with Crippen LogP contribution in [0.3, 0.4) is 0 Å². The number of hydrogen-bond donors (Lipinski definition) is 0. The predicted octanol–water partition coefficient (Wildman–Crippen LogP) is 1.37. The average molecular weight is 203 g/mol. The van der Waals surface area contributed by atoms with E-state index in [1.165, 1.54) is 7.11 Å². The molecule has 0 bridgehead atoms. The zero-order valence-electron chi connectivity index (χ0n) is 8.67. The van der Waals surface area contributed by atoms with Crippen LogP contribution in [0.15, 0.2) is 0 Å². The smallest absolute Gasteiger partial charge is 0.305 e. The summed E-state index contributed by atoms with van der Waals surface area (Å²) in [5.41, 5.74) is 0. The predicted molar refractivity (Wildman–Crippen MR) is 51.8 cm³/mol. The van der Waals surface area contributed by atoms with Gasteiger partial charge in [-0.25, -0.2) is 4.39 Å². The highest BCUT2D eigenvalue weighted by atomic mass is 19.1. The molecule has 0 spiro atoms. The third-order valence-electron chi connectivity index (χ3n) is 2.53. The van der Waals surface area contributed by atoms with Crippen LogP contribution in [0.1, 0.15) is 25.7 Å². The van der Waals surface area contributed by atoms with Gasteiger partial charge in [0.25, 0.3) is 0 Å². The molecule has 1 saturated heterocycles. The lowest BCUT2D eigenvalue weighted by atomic mass is 10.1. The van der Waals surface area contributed by atoms with Crippen molar-refractivity contribution in [2.45, 2.75) is 31.9 Å². The molecule has 0 aliphatic carbocycles. The summed E-state index contributed by atoms with van der Waals surface area (Å²) in [4.78, 5) is 12.9. The second kappa shape index (κ2) is 5.96. The van der Waals surface area contributed by atoms with E-state index in [0.717, 1.165) is 25.9 Å². The van der Waals surface area contributed by atoms with Crippen LogP contribution in [-0.2, 0) is 9.53 Å². The third kappa shape index (κ3) is 4.05. The SMILES string of the molecule is COC(=O)CCCN1CCCC(F)C1.